The summed E-state index contributed by atoms with van der Waals surface area (Å²) in [5.74, 6) is 0.0503. The molecule has 0 aromatic heterocycles. The maximum Gasteiger partial charge on any atom is 0.234 e. The quantitative estimate of drug-likeness (QED) is 0.870. The third kappa shape index (κ3) is 4.51. The highest BCUT2D eigenvalue weighted by Crippen LogP contribution is 2.18. The van der Waals surface area contributed by atoms with Gasteiger partial charge in [0.15, 0.2) is 0 Å². The maximum atomic E-state index is 11.9. The first-order valence-corrected chi connectivity index (χ1v) is 7.31. The van der Waals surface area contributed by atoms with Crippen LogP contribution in [0.1, 0.15) is 44.2 Å². The first-order chi connectivity index (χ1) is 9.15. The van der Waals surface area contributed by atoms with Gasteiger partial charge in [0.05, 0.1) is 12.6 Å². The molecule has 0 spiro atoms. The lowest BCUT2D eigenvalue weighted by Gasteiger charge is -2.16. The second-order valence-corrected chi connectivity index (χ2v) is 5.64. The molecule has 1 aromatic carbocycles. The van der Waals surface area contributed by atoms with E-state index < -0.39 is 0 Å². The molecular formula is C15H21ClN2O. The lowest BCUT2D eigenvalue weighted by atomic mass is 10.1. The second kappa shape index (κ2) is 6.92. The van der Waals surface area contributed by atoms with Crippen LogP contribution in [0.25, 0.3) is 0 Å². The third-order valence-corrected chi connectivity index (χ3v) is 3.91. The van der Waals surface area contributed by atoms with Gasteiger partial charge in [0.25, 0.3) is 0 Å². The van der Waals surface area contributed by atoms with Gasteiger partial charge in [-0.1, -0.05) is 36.6 Å². The minimum absolute atomic E-state index is 0.00939. The summed E-state index contributed by atoms with van der Waals surface area (Å²) in [4.78, 5) is 11.9. The first-order valence-electron chi connectivity index (χ1n) is 6.93. The number of hydrogen-bond donors (Lipinski definition) is 2. The Morgan fingerprint density at radius 1 is 1.32 bits per heavy atom. The highest BCUT2D eigenvalue weighted by Gasteiger charge is 2.16. The van der Waals surface area contributed by atoms with Gasteiger partial charge in [0, 0.05) is 11.1 Å². The van der Waals surface area contributed by atoms with Crippen molar-refractivity contribution in [2.75, 3.05) is 6.54 Å². The van der Waals surface area contributed by atoms with E-state index in [4.69, 9.17) is 11.6 Å². The van der Waals surface area contributed by atoms with Crippen molar-refractivity contribution in [3.63, 3.8) is 0 Å². The molecule has 0 heterocycles. The van der Waals surface area contributed by atoms with Gasteiger partial charge >= 0.3 is 0 Å². The average Bonchev–Trinajstić information content (AvgIpc) is 2.90. The van der Waals surface area contributed by atoms with Crippen molar-refractivity contribution in [2.45, 2.75) is 44.7 Å². The predicted octanol–water partition coefficient (Wildman–Crippen LogP) is 3.05. The molecule has 0 aliphatic heterocycles. The van der Waals surface area contributed by atoms with Gasteiger partial charge in [0.2, 0.25) is 5.91 Å². The molecule has 1 aliphatic rings. The van der Waals surface area contributed by atoms with E-state index in [2.05, 4.69) is 10.6 Å². The van der Waals surface area contributed by atoms with Crippen molar-refractivity contribution in [1.29, 1.82) is 0 Å². The molecule has 0 bridgehead atoms. The van der Waals surface area contributed by atoms with E-state index in [1.165, 1.54) is 25.7 Å². The molecule has 104 valence electrons. The maximum absolute atomic E-state index is 11.9. The van der Waals surface area contributed by atoms with Crippen molar-refractivity contribution in [3.8, 4) is 0 Å². The molecule has 3 nitrogen and oxygen atoms in total. The standard InChI is InChI=1S/C15H21ClN2O/c1-11(12-6-8-13(16)9-7-12)18-15(19)10-17-14-4-2-3-5-14/h6-9,11,14,17H,2-5,10H2,1H3,(H,18,19). The van der Waals surface area contributed by atoms with Gasteiger partial charge in [-0.2, -0.15) is 0 Å². The van der Waals surface area contributed by atoms with Gasteiger partial charge in [-0.05, 0) is 37.5 Å². The van der Waals surface area contributed by atoms with E-state index in [9.17, 15) is 4.79 Å². The van der Waals surface area contributed by atoms with Crippen LogP contribution in [0.2, 0.25) is 5.02 Å². The number of carbonyl (C=O) groups excluding carboxylic acids is 1. The molecule has 1 unspecified atom stereocenters. The SMILES string of the molecule is CC(NC(=O)CNC1CCCC1)c1ccc(Cl)cc1. The van der Waals surface area contributed by atoms with Crippen LogP contribution in [-0.2, 0) is 4.79 Å². The van der Waals surface area contributed by atoms with Crippen LogP contribution in [0, 0.1) is 0 Å². The van der Waals surface area contributed by atoms with Gasteiger partial charge in [-0.3, -0.25) is 4.79 Å². The Morgan fingerprint density at radius 2 is 1.95 bits per heavy atom. The smallest absolute Gasteiger partial charge is 0.234 e. The fraction of sp³-hybridized carbons (Fsp3) is 0.533. The van der Waals surface area contributed by atoms with Crippen molar-refractivity contribution in [3.05, 3.63) is 34.9 Å². The molecule has 1 saturated carbocycles. The molecular weight excluding hydrogens is 260 g/mol. The number of hydrogen-bond acceptors (Lipinski definition) is 2. The van der Waals surface area contributed by atoms with Crippen molar-refractivity contribution in [1.82, 2.24) is 10.6 Å². The minimum Gasteiger partial charge on any atom is -0.348 e. The number of halogens is 1. The van der Waals surface area contributed by atoms with Crippen LogP contribution in [0.15, 0.2) is 24.3 Å². The van der Waals surface area contributed by atoms with E-state index in [-0.39, 0.29) is 11.9 Å². The zero-order valence-electron chi connectivity index (χ0n) is 11.3. The van der Waals surface area contributed by atoms with E-state index in [0.717, 1.165) is 5.56 Å². The summed E-state index contributed by atoms with van der Waals surface area (Å²) in [5.41, 5.74) is 1.07. The van der Waals surface area contributed by atoms with Gasteiger partial charge in [-0.15, -0.1) is 0 Å². The molecule has 1 aromatic rings. The van der Waals surface area contributed by atoms with Gasteiger partial charge in [0.1, 0.15) is 0 Å². The first kappa shape index (κ1) is 14.4. The molecule has 0 radical (unpaired) electrons. The van der Waals surface area contributed by atoms with Crippen LogP contribution >= 0.6 is 11.6 Å². The van der Waals surface area contributed by atoms with E-state index >= 15 is 0 Å². The molecule has 19 heavy (non-hydrogen) atoms. The molecule has 1 aliphatic carbocycles. The number of carbonyl (C=O) groups is 1. The van der Waals surface area contributed by atoms with Crippen molar-refractivity contribution >= 4 is 17.5 Å². The Labute approximate surface area is 119 Å². The summed E-state index contributed by atoms with van der Waals surface area (Å²) in [6, 6.07) is 8.11. The number of rotatable bonds is 5. The van der Waals surface area contributed by atoms with E-state index in [1.54, 1.807) is 0 Å². The lowest BCUT2D eigenvalue weighted by molar-refractivity contribution is -0.121. The summed E-state index contributed by atoms with van der Waals surface area (Å²) in [6.45, 7) is 2.39. The highest BCUT2D eigenvalue weighted by molar-refractivity contribution is 6.30. The monoisotopic (exact) mass is 280 g/mol. The van der Waals surface area contributed by atoms with Gasteiger partial charge < -0.3 is 10.6 Å². The molecule has 1 amide bonds. The second-order valence-electron chi connectivity index (χ2n) is 5.20. The van der Waals surface area contributed by atoms with Crippen molar-refractivity contribution in [2.24, 2.45) is 0 Å². The zero-order chi connectivity index (χ0) is 13.7. The van der Waals surface area contributed by atoms with Crippen molar-refractivity contribution < 1.29 is 4.79 Å². The number of benzene rings is 1. The fourth-order valence-electron chi connectivity index (χ4n) is 2.49. The summed E-state index contributed by atoms with van der Waals surface area (Å²) < 4.78 is 0. The van der Waals surface area contributed by atoms with Crippen LogP contribution in [-0.4, -0.2) is 18.5 Å². The van der Waals surface area contributed by atoms with Crippen LogP contribution in [0.5, 0.6) is 0 Å². The Morgan fingerprint density at radius 3 is 2.58 bits per heavy atom. The van der Waals surface area contributed by atoms with Crippen LogP contribution < -0.4 is 10.6 Å². The normalized spacial score (nSPS) is 17.4. The topological polar surface area (TPSA) is 41.1 Å². The Balaban J connectivity index is 1.76. The molecule has 2 N–H and O–H groups in total. The fourth-order valence-corrected chi connectivity index (χ4v) is 2.62. The van der Waals surface area contributed by atoms with E-state index in [0.29, 0.717) is 17.6 Å². The molecule has 2 rings (SSSR count). The Hall–Kier alpha value is -1.06. The number of amides is 1. The predicted molar refractivity (Wildman–Crippen MR) is 78.3 cm³/mol. The number of nitrogens with one attached hydrogen (secondary N) is 2. The largest absolute Gasteiger partial charge is 0.348 e. The summed E-state index contributed by atoms with van der Waals surface area (Å²) in [5, 5.41) is 7.02. The summed E-state index contributed by atoms with van der Waals surface area (Å²) in [7, 11) is 0. The third-order valence-electron chi connectivity index (χ3n) is 3.65. The van der Waals surface area contributed by atoms with E-state index in [1.807, 2.05) is 31.2 Å². The molecule has 1 atom stereocenters. The van der Waals surface area contributed by atoms with Gasteiger partial charge in [-0.25, -0.2) is 0 Å². The Kier molecular flexibility index (Phi) is 5.23. The van der Waals surface area contributed by atoms with Crippen LogP contribution in [0.4, 0.5) is 0 Å². The molecule has 1 fully saturated rings. The minimum atomic E-state index is 0.00939. The average molecular weight is 281 g/mol. The van der Waals surface area contributed by atoms with Crippen LogP contribution in [0.3, 0.4) is 0 Å². The zero-order valence-corrected chi connectivity index (χ0v) is 12.0. The molecule has 0 saturated heterocycles. The lowest BCUT2D eigenvalue weighted by Crippen LogP contribution is -2.39. The Bertz CT molecular complexity index is 413. The summed E-state index contributed by atoms with van der Waals surface area (Å²) >= 11 is 5.85. The molecule has 4 heteroatoms. The highest BCUT2D eigenvalue weighted by atomic mass is 35.5. The summed E-state index contributed by atoms with van der Waals surface area (Å²) in [6.07, 6.45) is 4.95.